The minimum atomic E-state index is 0.396. The third-order valence-corrected chi connectivity index (χ3v) is 2.26. The van der Waals surface area contributed by atoms with Gasteiger partial charge < -0.3 is 0 Å². The average molecular weight is 182 g/mol. The molecule has 0 aromatic carbocycles. The van der Waals surface area contributed by atoms with Gasteiger partial charge in [0.1, 0.15) is 5.84 Å². The highest BCUT2D eigenvalue weighted by Gasteiger charge is 2.07. The van der Waals surface area contributed by atoms with E-state index in [-0.39, 0.29) is 0 Å². The normalized spacial score (nSPS) is 17.8. The largest absolute Gasteiger partial charge is 0.267 e. The Balaban J connectivity index is 4.48. The zero-order valence-corrected chi connectivity index (χ0v) is 9.54. The van der Waals surface area contributed by atoms with Crippen LogP contribution in [0.2, 0.25) is 0 Å². The zero-order valence-electron chi connectivity index (χ0n) is 9.54. The van der Waals surface area contributed by atoms with E-state index in [1.165, 1.54) is 0 Å². The van der Waals surface area contributed by atoms with Crippen LogP contribution < -0.4 is 0 Å². The summed E-state index contributed by atoms with van der Waals surface area (Å²) in [7, 11) is 0. The highest BCUT2D eigenvalue weighted by Crippen LogP contribution is 2.08. The van der Waals surface area contributed by atoms with Crippen LogP contribution in [-0.2, 0) is 0 Å². The molecule has 0 saturated carbocycles. The number of hydrogen-bond donors (Lipinski definition) is 0. The minimum absolute atomic E-state index is 0.396. The van der Waals surface area contributed by atoms with Gasteiger partial charge in [0.25, 0.3) is 0 Å². The van der Waals surface area contributed by atoms with Gasteiger partial charge >= 0.3 is 0 Å². The number of hydrogen-bond acceptors (Lipinski definition) is 1. The van der Waals surface area contributed by atoms with Crippen LogP contribution in [-0.4, -0.2) is 18.1 Å². The van der Waals surface area contributed by atoms with Gasteiger partial charge in [-0.05, 0) is 26.7 Å². The topological polar surface area (TPSA) is 24.7 Å². The van der Waals surface area contributed by atoms with E-state index in [0.29, 0.717) is 12.0 Å². The van der Waals surface area contributed by atoms with Gasteiger partial charge in [-0.15, -0.1) is 0 Å². The van der Waals surface area contributed by atoms with Crippen molar-refractivity contribution in [2.45, 2.75) is 53.5 Å². The van der Waals surface area contributed by atoms with Crippen molar-refractivity contribution in [3.8, 4) is 0 Å². The molecule has 0 aliphatic rings. The van der Waals surface area contributed by atoms with Crippen LogP contribution >= 0.6 is 0 Å². The molecule has 0 amide bonds. The molecule has 0 aromatic rings. The fraction of sp³-hybridized carbons (Fsp3) is 0.818. The lowest BCUT2D eigenvalue weighted by Gasteiger charge is -2.10. The predicted octanol–water partition coefficient (Wildman–Crippen LogP) is 3.32. The second-order valence-electron chi connectivity index (χ2n) is 3.44. The lowest BCUT2D eigenvalue weighted by Crippen LogP contribution is -2.11. The van der Waals surface area contributed by atoms with Crippen molar-refractivity contribution >= 4 is 12.1 Å². The Morgan fingerprint density at radius 1 is 1.23 bits per heavy atom. The number of aliphatic imine (C=N–C) groups is 2. The second-order valence-corrected chi connectivity index (χ2v) is 3.44. The minimum Gasteiger partial charge on any atom is -0.267 e. The van der Waals surface area contributed by atoms with E-state index in [2.05, 4.69) is 37.7 Å². The van der Waals surface area contributed by atoms with Gasteiger partial charge in [0.05, 0.1) is 0 Å². The fourth-order valence-corrected chi connectivity index (χ4v) is 0.920. The van der Waals surface area contributed by atoms with Gasteiger partial charge in [0.15, 0.2) is 0 Å². The van der Waals surface area contributed by atoms with Gasteiger partial charge in [0, 0.05) is 18.2 Å². The average Bonchev–Trinajstić information content (AvgIpc) is 2.15. The molecule has 0 aromatic heterocycles. The summed E-state index contributed by atoms with van der Waals surface area (Å²) < 4.78 is 0. The molecule has 0 saturated heterocycles. The van der Waals surface area contributed by atoms with Crippen molar-refractivity contribution < 1.29 is 0 Å². The maximum Gasteiger partial charge on any atom is 0.125 e. The SMILES string of the molecule is CC=NC(=NC(C)CC)C(C)CC. The van der Waals surface area contributed by atoms with Gasteiger partial charge in [-0.2, -0.15) is 0 Å². The Morgan fingerprint density at radius 2 is 1.85 bits per heavy atom. The van der Waals surface area contributed by atoms with Crippen LogP contribution in [0.5, 0.6) is 0 Å². The molecule has 0 aliphatic heterocycles. The maximum absolute atomic E-state index is 4.57. The summed E-state index contributed by atoms with van der Waals surface area (Å²) in [5.74, 6) is 1.48. The molecule has 2 unspecified atom stereocenters. The van der Waals surface area contributed by atoms with Crippen LogP contribution in [0.3, 0.4) is 0 Å². The van der Waals surface area contributed by atoms with E-state index in [1.54, 1.807) is 0 Å². The summed E-state index contributed by atoms with van der Waals surface area (Å²) in [6.45, 7) is 10.6. The molecular weight excluding hydrogens is 160 g/mol. The quantitative estimate of drug-likeness (QED) is 0.470. The zero-order chi connectivity index (χ0) is 10.3. The molecule has 0 N–H and O–H groups in total. The third-order valence-electron chi connectivity index (χ3n) is 2.26. The molecule has 0 bridgehead atoms. The van der Waals surface area contributed by atoms with E-state index < -0.39 is 0 Å². The number of amidine groups is 1. The van der Waals surface area contributed by atoms with Crippen LogP contribution in [0.25, 0.3) is 0 Å². The molecule has 0 aliphatic carbocycles. The highest BCUT2D eigenvalue weighted by atomic mass is 14.9. The lowest BCUT2D eigenvalue weighted by molar-refractivity contribution is 0.678. The molecule has 2 nitrogen and oxygen atoms in total. The van der Waals surface area contributed by atoms with Crippen LogP contribution in [0.4, 0.5) is 0 Å². The molecule has 2 heteroatoms. The summed E-state index contributed by atoms with van der Waals surface area (Å²) in [4.78, 5) is 8.88. The first-order valence-corrected chi connectivity index (χ1v) is 5.22. The third kappa shape index (κ3) is 4.81. The standard InChI is InChI=1S/C11H22N2/c1-6-9(4)11(12-8-3)13-10(5)7-2/h8-10H,6-7H2,1-5H3. The monoisotopic (exact) mass is 182 g/mol. The summed E-state index contributed by atoms with van der Waals surface area (Å²) in [5.41, 5.74) is 0. The number of nitrogens with zero attached hydrogens (tertiary/aromatic N) is 2. The smallest absolute Gasteiger partial charge is 0.125 e. The molecule has 0 heterocycles. The molecule has 76 valence electrons. The fourth-order valence-electron chi connectivity index (χ4n) is 0.920. The first-order chi connectivity index (χ1) is 6.15. The molecule has 0 radical (unpaired) electrons. The molecule has 0 rings (SSSR count). The maximum atomic E-state index is 4.57. The van der Waals surface area contributed by atoms with Crippen molar-refractivity contribution in [1.29, 1.82) is 0 Å². The van der Waals surface area contributed by atoms with Crippen molar-refractivity contribution in [2.24, 2.45) is 15.9 Å². The first kappa shape index (κ1) is 12.3. The summed E-state index contributed by atoms with van der Waals surface area (Å²) in [5, 5.41) is 0. The van der Waals surface area contributed by atoms with Crippen molar-refractivity contribution in [1.82, 2.24) is 0 Å². The Morgan fingerprint density at radius 3 is 2.23 bits per heavy atom. The van der Waals surface area contributed by atoms with E-state index >= 15 is 0 Å². The van der Waals surface area contributed by atoms with Gasteiger partial charge in [-0.1, -0.05) is 20.8 Å². The lowest BCUT2D eigenvalue weighted by atomic mass is 10.1. The van der Waals surface area contributed by atoms with E-state index in [9.17, 15) is 0 Å². The van der Waals surface area contributed by atoms with E-state index in [0.717, 1.165) is 18.7 Å². The summed E-state index contributed by atoms with van der Waals surface area (Å²) in [6.07, 6.45) is 4.01. The molecule has 2 atom stereocenters. The molecule has 0 fully saturated rings. The summed E-state index contributed by atoms with van der Waals surface area (Å²) >= 11 is 0. The summed E-state index contributed by atoms with van der Waals surface area (Å²) in [6, 6.07) is 0.396. The van der Waals surface area contributed by atoms with E-state index in [4.69, 9.17) is 0 Å². The Hall–Kier alpha value is -0.660. The van der Waals surface area contributed by atoms with Crippen molar-refractivity contribution in [3.05, 3.63) is 0 Å². The van der Waals surface area contributed by atoms with Gasteiger partial charge in [-0.25, -0.2) is 4.99 Å². The van der Waals surface area contributed by atoms with Gasteiger partial charge in [0.2, 0.25) is 0 Å². The second kappa shape index (κ2) is 6.81. The van der Waals surface area contributed by atoms with Crippen molar-refractivity contribution in [3.63, 3.8) is 0 Å². The van der Waals surface area contributed by atoms with E-state index in [1.807, 2.05) is 13.1 Å². The molecule has 13 heavy (non-hydrogen) atoms. The van der Waals surface area contributed by atoms with Crippen LogP contribution in [0, 0.1) is 5.92 Å². The Kier molecular flexibility index (Phi) is 6.47. The Bertz CT molecular complexity index is 183. The van der Waals surface area contributed by atoms with Gasteiger partial charge in [-0.3, -0.25) is 4.99 Å². The number of rotatable bonds is 4. The van der Waals surface area contributed by atoms with Crippen LogP contribution in [0.15, 0.2) is 9.98 Å². The predicted molar refractivity (Wildman–Crippen MR) is 60.8 cm³/mol. The molecular formula is C11H22N2. The highest BCUT2D eigenvalue weighted by molar-refractivity contribution is 5.90. The first-order valence-electron chi connectivity index (χ1n) is 5.22. The molecule has 0 spiro atoms. The van der Waals surface area contributed by atoms with Crippen LogP contribution in [0.1, 0.15) is 47.5 Å². The Labute approximate surface area is 82.2 Å². The van der Waals surface area contributed by atoms with Crippen molar-refractivity contribution in [2.75, 3.05) is 0 Å².